The van der Waals surface area contributed by atoms with Crippen LogP contribution in [0.2, 0.25) is 0 Å². The first kappa shape index (κ1) is 16.9. The molecule has 0 saturated carbocycles. The number of carbonyl (C=O) groups is 1. The number of nitrogens with two attached hydrogens (primary N) is 1. The molecule has 0 spiro atoms. The standard InChI is InChI=1S/C15H9F3N4O2/c1-24-14(23)13-12(21)9(6-20)7-22(13)11-4-10(15(16,17)18)3-2-8(11)5-19/h2-4,7H,21H2,1H3. The molecule has 1 aromatic heterocycles. The van der Waals surface area contributed by atoms with Crippen molar-refractivity contribution in [1.82, 2.24) is 4.57 Å². The van der Waals surface area contributed by atoms with Gasteiger partial charge in [-0.05, 0) is 18.2 Å². The molecule has 0 aliphatic rings. The fraction of sp³-hybridized carbons (Fsp3) is 0.133. The zero-order valence-corrected chi connectivity index (χ0v) is 12.2. The van der Waals surface area contributed by atoms with Crippen LogP contribution in [0.25, 0.3) is 5.69 Å². The molecule has 2 N–H and O–H groups in total. The van der Waals surface area contributed by atoms with Crippen LogP contribution in [0.4, 0.5) is 18.9 Å². The third-order valence-corrected chi connectivity index (χ3v) is 3.25. The van der Waals surface area contributed by atoms with E-state index in [1.165, 1.54) is 0 Å². The van der Waals surface area contributed by atoms with Crippen LogP contribution in [0.1, 0.15) is 27.2 Å². The molecular formula is C15H9F3N4O2. The van der Waals surface area contributed by atoms with Gasteiger partial charge < -0.3 is 15.0 Å². The van der Waals surface area contributed by atoms with Gasteiger partial charge in [0.2, 0.25) is 0 Å². The van der Waals surface area contributed by atoms with Gasteiger partial charge >= 0.3 is 12.1 Å². The predicted octanol–water partition coefficient (Wildman–Crippen LogP) is 2.61. The fourth-order valence-electron chi connectivity index (χ4n) is 2.11. The number of carbonyl (C=O) groups excluding carboxylic acids is 1. The van der Waals surface area contributed by atoms with E-state index in [1.54, 1.807) is 12.1 Å². The minimum Gasteiger partial charge on any atom is -0.464 e. The van der Waals surface area contributed by atoms with Crippen molar-refractivity contribution in [1.29, 1.82) is 10.5 Å². The average molecular weight is 334 g/mol. The van der Waals surface area contributed by atoms with Gasteiger partial charge in [0, 0.05) is 6.20 Å². The molecule has 0 amide bonds. The lowest BCUT2D eigenvalue weighted by Crippen LogP contribution is -2.13. The number of hydrogen-bond donors (Lipinski definition) is 1. The van der Waals surface area contributed by atoms with Crippen molar-refractivity contribution in [2.75, 3.05) is 12.8 Å². The average Bonchev–Trinajstić information content (AvgIpc) is 2.89. The van der Waals surface area contributed by atoms with Crippen LogP contribution in [0.5, 0.6) is 0 Å². The number of esters is 1. The summed E-state index contributed by atoms with van der Waals surface area (Å²) < 4.78 is 44.3. The van der Waals surface area contributed by atoms with Crippen molar-refractivity contribution in [2.45, 2.75) is 6.18 Å². The fourth-order valence-corrected chi connectivity index (χ4v) is 2.11. The van der Waals surface area contributed by atoms with Crippen molar-refractivity contribution in [3.63, 3.8) is 0 Å². The van der Waals surface area contributed by atoms with Gasteiger partial charge in [-0.25, -0.2) is 4.79 Å². The molecule has 122 valence electrons. The Hall–Kier alpha value is -3.46. The number of nitrogens with zero attached hydrogens (tertiary/aromatic N) is 3. The maximum Gasteiger partial charge on any atom is 0.416 e. The summed E-state index contributed by atoms with van der Waals surface area (Å²) in [5.41, 5.74) is 3.61. The van der Waals surface area contributed by atoms with Crippen LogP contribution in [0.15, 0.2) is 24.4 Å². The minimum absolute atomic E-state index is 0.128. The molecule has 0 aliphatic heterocycles. The van der Waals surface area contributed by atoms with Gasteiger partial charge in [-0.1, -0.05) is 0 Å². The second kappa shape index (κ2) is 5.97. The first-order valence-corrected chi connectivity index (χ1v) is 6.35. The zero-order valence-electron chi connectivity index (χ0n) is 12.2. The Morgan fingerprint density at radius 3 is 2.38 bits per heavy atom. The number of methoxy groups -OCH3 is 1. The third-order valence-electron chi connectivity index (χ3n) is 3.25. The molecule has 1 heterocycles. The van der Waals surface area contributed by atoms with E-state index in [0.717, 1.165) is 30.0 Å². The molecule has 2 aromatic rings. The summed E-state index contributed by atoms with van der Waals surface area (Å²) >= 11 is 0. The summed E-state index contributed by atoms with van der Waals surface area (Å²) in [4.78, 5) is 11.9. The Kier molecular flexibility index (Phi) is 4.20. The van der Waals surface area contributed by atoms with Crippen LogP contribution in [0.3, 0.4) is 0 Å². The topological polar surface area (TPSA) is 105 Å². The highest BCUT2D eigenvalue weighted by Gasteiger charge is 2.32. The Labute approximate surface area is 134 Å². The smallest absolute Gasteiger partial charge is 0.416 e. The van der Waals surface area contributed by atoms with Crippen molar-refractivity contribution >= 4 is 11.7 Å². The minimum atomic E-state index is -4.65. The second-order valence-electron chi connectivity index (χ2n) is 4.62. The van der Waals surface area contributed by atoms with Crippen molar-refractivity contribution in [3.05, 3.63) is 46.8 Å². The molecule has 24 heavy (non-hydrogen) atoms. The van der Waals surface area contributed by atoms with Crippen molar-refractivity contribution in [2.24, 2.45) is 0 Å². The quantitative estimate of drug-likeness (QED) is 0.850. The summed E-state index contributed by atoms with van der Waals surface area (Å²) in [6.45, 7) is 0. The number of nitrogen functional groups attached to an aromatic ring is 1. The molecule has 0 aliphatic carbocycles. The van der Waals surface area contributed by atoms with E-state index in [1.807, 2.05) is 0 Å². The largest absolute Gasteiger partial charge is 0.464 e. The molecule has 0 bridgehead atoms. The summed E-state index contributed by atoms with van der Waals surface area (Å²) in [6, 6.07) is 5.89. The molecule has 0 atom stereocenters. The highest BCUT2D eigenvalue weighted by molar-refractivity contribution is 5.96. The van der Waals surface area contributed by atoms with E-state index in [-0.39, 0.29) is 28.2 Å². The maximum atomic E-state index is 12.9. The number of alkyl halides is 3. The SMILES string of the molecule is COC(=O)c1c(N)c(C#N)cn1-c1cc(C(F)(F)F)ccc1C#N. The summed E-state index contributed by atoms with van der Waals surface area (Å²) in [5.74, 6) is -0.949. The number of rotatable bonds is 2. The Morgan fingerprint density at radius 2 is 1.88 bits per heavy atom. The highest BCUT2D eigenvalue weighted by atomic mass is 19.4. The van der Waals surface area contributed by atoms with E-state index in [4.69, 9.17) is 16.3 Å². The first-order chi connectivity index (χ1) is 11.2. The van der Waals surface area contributed by atoms with Crippen molar-refractivity contribution < 1.29 is 22.7 Å². The molecule has 0 saturated heterocycles. The molecule has 2 rings (SSSR count). The number of benzene rings is 1. The zero-order chi connectivity index (χ0) is 18.1. The van der Waals surface area contributed by atoms with Gasteiger partial charge in [0.05, 0.1) is 35.2 Å². The first-order valence-electron chi connectivity index (χ1n) is 6.35. The van der Waals surface area contributed by atoms with E-state index >= 15 is 0 Å². The van der Waals surface area contributed by atoms with E-state index in [0.29, 0.717) is 6.07 Å². The lowest BCUT2D eigenvalue weighted by molar-refractivity contribution is -0.137. The maximum absolute atomic E-state index is 12.9. The van der Waals surface area contributed by atoms with Gasteiger partial charge in [-0.15, -0.1) is 0 Å². The molecular weight excluding hydrogens is 325 g/mol. The van der Waals surface area contributed by atoms with Gasteiger partial charge in [0.1, 0.15) is 12.1 Å². The lowest BCUT2D eigenvalue weighted by Gasteiger charge is -2.13. The molecule has 0 fully saturated rings. The summed E-state index contributed by atoms with van der Waals surface area (Å²) in [5, 5.41) is 18.2. The van der Waals surface area contributed by atoms with Crippen LogP contribution in [0, 0.1) is 22.7 Å². The number of nitriles is 2. The van der Waals surface area contributed by atoms with Crippen LogP contribution < -0.4 is 5.73 Å². The van der Waals surface area contributed by atoms with Gasteiger partial charge in [-0.2, -0.15) is 23.7 Å². The predicted molar refractivity (Wildman–Crippen MR) is 76.0 cm³/mol. The second-order valence-corrected chi connectivity index (χ2v) is 4.62. The van der Waals surface area contributed by atoms with Crippen LogP contribution in [-0.2, 0) is 10.9 Å². The van der Waals surface area contributed by atoms with Crippen LogP contribution >= 0.6 is 0 Å². The van der Waals surface area contributed by atoms with Gasteiger partial charge in [0.25, 0.3) is 0 Å². The molecule has 9 heteroatoms. The monoisotopic (exact) mass is 334 g/mol. The number of anilines is 1. The number of hydrogen-bond acceptors (Lipinski definition) is 5. The third kappa shape index (κ3) is 2.75. The van der Waals surface area contributed by atoms with Gasteiger partial charge in [-0.3, -0.25) is 0 Å². The van der Waals surface area contributed by atoms with E-state index in [9.17, 15) is 18.0 Å². The lowest BCUT2D eigenvalue weighted by atomic mass is 10.1. The molecule has 6 nitrogen and oxygen atoms in total. The van der Waals surface area contributed by atoms with E-state index < -0.39 is 17.7 Å². The number of halogens is 3. The molecule has 0 unspecified atom stereocenters. The summed E-state index contributed by atoms with van der Waals surface area (Å²) in [6.07, 6.45) is -3.57. The number of aromatic nitrogens is 1. The molecule has 0 radical (unpaired) electrons. The Balaban J connectivity index is 2.84. The van der Waals surface area contributed by atoms with Crippen LogP contribution in [-0.4, -0.2) is 17.6 Å². The van der Waals surface area contributed by atoms with Crippen molar-refractivity contribution in [3.8, 4) is 17.8 Å². The van der Waals surface area contributed by atoms with E-state index in [2.05, 4.69) is 4.74 Å². The number of ether oxygens (including phenoxy) is 1. The summed E-state index contributed by atoms with van der Waals surface area (Å²) in [7, 11) is 1.06. The normalized spacial score (nSPS) is 10.8. The molecule has 1 aromatic carbocycles. The highest BCUT2D eigenvalue weighted by Crippen LogP contribution is 2.33. The Bertz CT molecular complexity index is 901. The Morgan fingerprint density at radius 1 is 1.25 bits per heavy atom. The van der Waals surface area contributed by atoms with Gasteiger partial charge in [0.15, 0.2) is 5.69 Å².